The Kier molecular flexibility index (Phi) is 3.63. The largest absolute Gasteiger partial charge is 0.477 e. The maximum atomic E-state index is 11.5. The lowest BCUT2D eigenvalue weighted by Gasteiger charge is -2.22. The molecule has 0 fully saturated rings. The molecule has 0 unspecified atom stereocenters. The van der Waals surface area contributed by atoms with Gasteiger partial charge in [0.2, 0.25) is 0 Å². The highest BCUT2D eigenvalue weighted by atomic mass is 32.1. The van der Waals surface area contributed by atoms with Crippen LogP contribution in [0.15, 0.2) is 22.0 Å². The molecule has 0 amide bonds. The molecule has 0 spiro atoms. The van der Waals surface area contributed by atoms with Gasteiger partial charge in [0.1, 0.15) is 6.21 Å². The molecule has 1 heterocycles. The van der Waals surface area contributed by atoms with Crippen molar-refractivity contribution in [2.45, 2.75) is 26.2 Å². The van der Waals surface area contributed by atoms with Crippen molar-refractivity contribution in [1.29, 1.82) is 0 Å². The quantitative estimate of drug-likeness (QED) is 0.598. The van der Waals surface area contributed by atoms with Gasteiger partial charge in [0.05, 0.1) is 15.9 Å². The summed E-state index contributed by atoms with van der Waals surface area (Å²) in [5, 5.41) is 12.3. The molecule has 0 aliphatic heterocycles. The van der Waals surface area contributed by atoms with Crippen LogP contribution in [0, 0.1) is 0 Å². The number of nitrogens with zero attached hydrogens (tertiary/aromatic N) is 1. The van der Waals surface area contributed by atoms with Crippen LogP contribution in [0.4, 0.5) is 5.69 Å². The molecule has 0 radical (unpaired) electrons. The molecule has 20 heavy (non-hydrogen) atoms. The Balaban J connectivity index is 2.61. The van der Waals surface area contributed by atoms with Crippen LogP contribution in [0.5, 0.6) is 0 Å². The molecule has 1 aromatic heterocycles. The number of rotatable bonds is 3. The van der Waals surface area contributed by atoms with E-state index in [2.05, 4.69) is 15.5 Å². The van der Waals surface area contributed by atoms with Crippen LogP contribution in [0.1, 0.15) is 26.3 Å². The molecular weight excluding hydrogens is 278 g/mol. The Labute approximate surface area is 119 Å². The molecular formula is C13H15N3O3S. The monoisotopic (exact) mass is 293 g/mol. The van der Waals surface area contributed by atoms with Crippen molar-refractivity contribution in [2.75, 3.05) is 5.43 Å². The fraction of sp³-hybridized carbons (Fsp3) is 0.308. The highest BCUT2D eigenvalue weighted by Gasteiger charge is 2.21. The summed E-state index contributed by atoms with van der Waals surface area (Å²) < 4.78 is 0.802. The molecule has 0 saturated carbocycles. The SMILES string of the molecule is CC(C)(C)c1ccc2sc(=O)[nH]c2c1NN=CC(=O)O. The van der Waals surface area contributed by atoms with Crippen molar-refractivity contribution in [3.05, 3.63) is 27.4 Å². The Bertz CT molecular complexity index is 737. The average molecular weight is 293 g/mol. The number of anilines is 1. The maximum absolute atomic E-state index is 11.5. The number of carbonyl (C=O) groups is 1. The van der Waals surface area contributed by atoms with E-state index in [-0.39, 0.29) is 10.3 Å². The normalized spacial score (nSPS) is 12.2. The topological polar surface area (TPSA) is 94.5 Å². The number of aromatic nitrogens is 1. The number of carboxylic acid groups (broad SMARTS) is 1. The minimum atomic E-state index is -1.14. The van der Waals surface area contributed by atoms with E-state index in [1.165, 1.54) is 0 Å². The van der Waals surface area contributed by atoms with Gasteiger partial charge in [-0.15, -0.1) is 0 Å². The number of H-pyrrole nitrogens is 1. The number of fused-ring (bicyclic) bond motifs is 1. The number of aromatic amines is 1. The van der Waals surface area contributed by atoms with Crippen molar-refractivity contribution >= 4 is 39.4 Å². The molecule has 0 saturated heterocycles. The number of hydrogen-bond acceptors (Lipinski definition) is 5. The minimum Gasteiger partial charge on any atom is -0.477 e. The second kappa shape index (κ2) is 5.09. The second-order valence-electron chi connectivity index (χ2n) is 5.33. The molecule has 2 aromatic rings. The third-order valence-corrected chi connectivity index (χ3v) is 3.60. The molecule has 1 aromatic carbocycles. The first-order chi connectivity index (χ1) is 9.29. The first-order valence-electron chi connectivity index (χ1n) is 5.97. The van der Waals surface area contributed by atoms with Crippen LogP contribution >= 0.6 is 11.3 Å². The number of hydrogen-bond donors (Lipinski definition) is 3. The van der Waals surface area contributed by atoms with Gasteiger partial charge < -0.3 is 10.1 Å². The van der Waals surface area contributed by atoms with Crippen LogP contribution in [-0.2, 0) is 10.2 Å². The molecule has 7 heteroatoms. The standard InChI is InChI=1S/C13H15N3O3S/c1-13(2,3)7-4-5-8-11(15-12(19)20-8)10(7)16-14-6-9(17)18/h4-6,16H,1-3H3,(H,15,19)(H,17,18). The summed E-state index contributed by atoms with van der Waals surface area (Å²) in [5.41, 5.74) is 4.78. The summed E-state index contributed by atoms with van der Waals surface area (Å²) in [7, 11) is 0. The fourth-order valence-electron chi connectivity index (χ4n) is 1.91. The van der Waals surface area contributed by atoms with Crippen LogP contribution in [-0.4, -0.2) is 22.3 Å². The van der Waals surface area contributed by atoms with Gasteiger partial charge in [0.25, 0.3) is 0 Å². The second-order valence-corrected chi connectivity index (χ2v) is 6.35. The molecule has 3 N–H and O–H groups in total. The van der Waals surface area contributed by atoms with Gasteiger partial charge in [-0.3, -0.25) is 10.2 Å². The van der Waals surface area contributed by atoms with Crippen molar-refractivity contribution in [2.24, 2.45) is 5.10 Å². The molecule has 2 rings (SSSR count). The van der Waals surface area contributed by atoms with Crippen LogP contribution in [0.25, 0.3) is 10.2 Å². The number of thiazole rings is 1. The maximum Gasteiger partial charge on any atom is 0.348 e. The lowest BCUT2D eigenvalue weighted by atomic mass is 9.85. The van der Waals surface area contributed by atoms with Gasteiger partial charge in [0, 0.05) is 0 Å². The first-order valence-corrected chi connectivity index (χ1v) is 6.79. The minimum absolute atomic E-state index is 0.156. The predicted octanol–water partition coefficient (Wildman–Crippen LogP) is 2.37. The number of benzene rings is 1. The van der Waals surface area contributed by atoms with E-state index in [1.807, 2.05) is 32.9 Å². The van der Waals surface area contributed by atoms with Crippen LogP contribution in [0.3, 0.4) is 0 Å². The highest BCUT2D eigenvalue weighted by molar-refractivity contribution is 7.16. The van der Waals surface area contributed by atoms with E-state index in [4.69, 9.17) is 5.11 Å². The third kappa shape index (κ3) is 2.88. The van der Waals surface area contributed by atoms with Gasteiger partial charge in [0.15, 0.2) is 0 Å². The van der Waals surface area contributed by atoms with Gasteiger partial charge >= 0.3 is 10.8 Å². The fourth-order valence-corrected chi connectivity index (χ4v) is 2.66. The van der Waals surface area contributed by atoms with Crippen LogP contribution < -0.4 is 10.3 Å². The zero-order valence-corrected chi connectivity index (χ0v) is 12.2. The van der Waals surface area contributed by atoms with E-state index < -0.39 is 5.97 Å². The van der Waals surface area contributed by atoms with E-state index in [0.717, 1.165) is 27.8 Å². The van der Waals surface area contributed by atoms with Gasteiger partial charge in [-0.2, -0.15) is 5.10 Å². The highest BCUT2D eigenvalue weighted by Crippen LogP contribution is 2.35. The number of aliphatic carboxylic acids is 1. The molecule has 0 aliphatic rings. The lowest BCUT2D eigenvalue weighted by Crippen LogP contribution is -2.14. The van der Waals surface area contributed by atoms with Crippen molar-refractivity contribution in [1.82, 2.24) is 4.98 Å². The van der Waals surface area contributed by atoms with Crippen molar-refractivity contribution in [3.8, 4) is 0 Å². The predicted molar refractivity (Wildman–Crippen MR) is 80.9 cm³/mol. The van der Waals surface area contributed by atoms with Gasteiger partial charge in [-0.05, 0) is 17.0 Å². The average Bonchev–Trinajstić information content (AvgIpc) is 2.67. The smallest absolute Gasteiger partial charge is 0.348 e. The summed E-state index contributed by atoms with van der Waals surface area (Å²) in [5.74, 6) is -1.14. The number of hydrazone groups is 1. The van der Waals surface area contributed by atoms with Crippen molar-refractivity contribution in [3.63, 3.8) is 0 Å². The molecule has 6 nitrogen and oxygen atoms in total. The molecule has 106 valence electrons. The molecule has 0 atom stereocenters. The van der Waals surface area contributed by atoms with E-state index in [1.54, 1.807) is 0 Å². The lowest BCUT2D eigenvalue weighted by molar-refractivity contribution is -0.128. The Morgan fingerprint density at radius 3 is 2.75 bits per heavy atom. The molecule has 0 bridgehead atoms. The van der Waals surface area contributed by atoms with E-state index in [0.29, 0.717) is 11.2 Å². The summed E-state index contributed by atoms with van der Waals surface area (Å²) in [6.45, 7) is 6.10. The Hall–Kier alpha value is -2.15. The summed E-state index contributed by atoms with van der Waals surface area (Å²) in [6, 6.07) is 3.80. The Morgan fingerprint density at radius 2 is 2.15 bits per heavy atom. The van der Waals surface area contributed by atoms with Gasteiger partial charge in [-0.1, -0.05) is 38.2 Å². The van der Waals surface area contributed by atoms with Gasteiger partial charge in [-0.25, -0.2) is 4.79 Å². The number of nitrogens with one attached hydrogen (secondary N) is 2. The zero-order chi connectivity index (χ0) is 14.9. The number of carboxylic acids is 1. The summed E-state index contributed by atoms with van der Waals surface area (Å²) >= 11 is 1.11. The zero-order valence-electron chi connectivity index (χ0n) is 11.4. The Morgan fingerprint density at radius 1 is 1.45 bits per heavy atom. The van der Waals surface area contributed by atoms with Crippen LogP contribution in [0.2, 0.25) is 0 Å². The first kappa shape index (κ1) is 14.3. The molecule has 0 aliphatic carbocycles. The third-order valence-electron chi connectivity index (χ3n) is 2.76. The summed E-state index contributed by atoms with van der Waals surface area (Å²) in [4.78, 5) is 24.6. The van der Waals surface area contributed by atoms with E-state index >= 15 is 0 Å². The summed E-state index contributed by atoms with van der Waals surface area (Å²) in [6.07, 6.45) is 0.774. The van der Waals surface area contributed by atoms with Crippen molar-refractivity contribution < 1.29 is 9.90 Å². The van der Waals surface area contributed by atoms with E-state index in [9.17, 15) is 9.59 Å².